The van der Waals surface area contributed by atoms with Gasteiger partial charge in [-0.05, 0) is 30.6 Å². The number of carbonyl (C=O) groups is 3. The summed E-state index contributed by atoms with van der Waals surface area (Å²) in [7, 11) is -11.2. The van der Waals surface area contributed by atoms with Gasteiger partial charge in [0.15, 0.2) is 6.10 Å². The maximum atomic E-state index is 12.5. The van der Waals surface area contributed by atoms with E-state index in [1.54, 1.807) is 13.8 Å². The summed E-state index contributed by atoms with van der Waals surface area (Å²) in [5.74, 6) is -1.74. The Morgan fingerprint density at radius 3 is 1.82 bits per heavy atom. The van der Waals surface area contributed by atoms with Gasteiger partial charge in [0, 0.05) is 13.0 Å². The summed E-state index contributed by atoms with van der Waals surface area (Å²) >= 11 is 0. The van der Waals surface area contributed by atoms with Crippen molar-refractivity contribution in [1.82, 2.24) is 5.32 Å². The first-order valence-corrected chi connectivity index (χ1v) is 15.8. The van der Waals surface area contributed by atoms with Gasteiger partial charge in [-0.25, -0.2) is 4.79 Å². The molecule has 230 valence electrons. The van der Waals surface area contributed by atoms with E-state index in [-0.39, 0.29) is 24.5 Å². The van der Waals surface area contributed by atoms with Gasteiger partial charge in [0.25, 0.3) is 5.08 Å². The zero-order chi connectivity index (χ0) is 30.8. The van der Waals surface area contributed by atoms with E-state index < -0.39 is 75.7 Å². The number of amides is 1. The number of hydrogen-bond donors (Lipinski definition) is 6. The Morgan fingerprint density at radius 2 is 1.36 bits per heavy atom. The molecule has 6 N–H and O–H groups in total. The number of carbonyl (C=O) groups excluding carboxylic acids is 3. The number of nitrogens with one attached hydrogen (secondary N) is 1. The van der Waals surface area contributed by atoms with Crippen LogP contribution in [0.5, 0.6) is 0 Å². The molecule has 0 aliphatic carbocycles. The van der Waals surface area contributed by atoms with Crippen molar-refractivity contribution < 1.29 is 62.4 Å². The summed E-state index contributed by atoms with van der Waals surface area (Å²) < 4.78 is 38.5. The molecule has 0 saturated carbocycles. The van der Waals surface area contributed by atoms with Gasteiger partial charge in [-0.2, -0.15) is 0 Å². The van der Waals surface area contributed by atoms with Gasteiger partial charge in [-0.3, -0.25) is 18.7 Å². The topological polar surface area (TPSA) is 226 Å². The highest BCUT2D eigenvalue weighted by Gasteiger charge is 2.58. The Balaban J connectivity index is 5.08. The van der Waals surface area contributed by atoms with Gasteiger partial charge in [-0.1, -0.05) is 48.5 Å². The fraction of sp³-hybridized carbons (Fsp3) is 0.870. The molecule has 0 rings (SSSR count). The normalized spacial score (nSPS) is 15.3. The van der Waals surface area contributed by atoms with E-state index in [1.165, 1.54) is 0 Å². The maximum absolute atomic E-state index is 12.5. The molecule has 14 nitrogen and oxygen atoms in total. The minimum atomic E-state index is -5.61. The minimum absolute atomic E-state index is 0.121. The van der Waals surface area contributed by atoms with E-state index in [0.29, 0.717) is 12.8 Å². The van der Waals surface area contributed by atoms with E-state index in [1.807, 2.05) is 34.6 Å². The van der Waals surface area contributed by atoms with E-state index in [9.17, 15) is 28.6 Å². The molecule has 0 saturated heterocycles. The molecule has 39 heavy (non-hydrogen) atoms. The first-order valence-electron chi connectivity index (χ1n) is 12.6. The molecule has 0 fully saturated rings. The first kappa shape index (κ1) is 37.5. The van der Waals surface area contributed by atoms with Crippen LogP contribution in [0.15, 0.2) is 0 Å². The summed E-state index contributed by atoms with van der Waals surface area (Å²) in [4.78, 5) is 73.6. The van der Waals surface area contributed by atoms with Crippen molar-refractivity contribution in [3.8, 4) is 0 Å². The van der Waals surface area contributed by atoms with Crippen molar-refractivity contribution in [2.45, 2.75) is 85.3 Å². The molecule has 1 amide bonds. The van der Waals surface area contributed by atoms with Crippen molar-refractivity contribution in [2.75, 3.05) is 19.8 Å². The van der Waals surface area contributed by atoms with Crippen molar-refractivity contribution >= 4 is 33.2 Å². The maximum Gasteiger partial charge on any atom is 0.407 e. The number of ether oxygens (including phenoxy) is 3. The van der Waals surface area contributed by atoms with Crippen molar-refractivity contribution in [2.24, 2.45) is 23.2 Å². The smallest absolute Gasteiger partial charge is 0.407 e. The van der Waals surface area contributed by atoms with Gasteiger partial charge < -0.3 is 44.2 Å². The molecule has 0 aliphatic rings. The van der Waals surface area contributed by atoms with Crippen LogP contribution >= 0.6 is 15.2 Å². The van der Waals surface area contributed by atoms with E-state index in [0.717, 1.165) is 0 Å². The first-order chi connectivity index (χ1) is 17.5. The van der Waals surface area contributed by atoms with E-state index >= 15 is 0 Å². The summed E-state index contributed by atoms with van der Waals surface area (Å²) in [5, 5.41) is 8.46. The number of rotatable bonds is 16. The van der Waals surface area contributed by atoms with E-state index in [2.05, 4.69) is 5.32 Å². The highest BCUT2D eigenvalue weighted by Crippen LogP contribution is 2.69. The van der Waals surface area contributed by atoms with Crippen LogP contribution in [0.1, 0.15) is 74.1 Å². The fourth-order valence-electron chi connectivity index (χ4n) is 3.72. The predicted molar refractivity (Wildman–Crippen MR) is 140 cm³/mol. The van der Waals surface area contributed by atoms with E-state index in [4.69, 9.17) is 33.8 Å². The Labute approximate surface area is 229 Å². The van der Waals surface area contributed by atoms with Gasteiger partial charge >= 0.3 is 33.2 Å². The Hall–Kier alpha value is -1.53. The lowest BCUT2D eigenvalue weighted by atomic mass is 9.85. The number of aliphatic hydroxyl groups is 1. The van der Waals surface area contributed by atoms with Gasteiger partial charge in [-0.15, -0.1) is 0 Å². The van der Waals surface area contributed by atoms with Crippen LogP contribution < -0.4 is 5.32 Å². The molecule has 0 aliphatic heterocycles. The van der Waals surface area contributed by atoms with Crippen LogP contribution in [0.25, 0.3) is 0 Å². The summed E-state index contributed by atoms with van der Waals surface area (Å²) in [6, 6.07) is 0. The Kier molecular flexibility index (Phi) is 14.9. The second-order valence-electron chi connectivity index (χ2n) is 11.4. The molecule has 3 unspecified atom stereocenters. The molecule has 0 aromatic heterocycles. The van der Waals surface area contributed by atoms with Crippen LogP contribution in [0.2, 0.25) is 0 Å². The SMILES string of the molecule is CC(C)CC(C)C(=O)OC(COC(=O)NCCCC(O)(P(=O)(O)O)P(=O)(O)O)COC(=O)C(C)CC(C)(C)C. The number of hydrogen-bond acceptors (Lipinski definition) is 9. The third-order valence-electron chi connectivity index (χ3n) is 5.53. The van der Waals surface area contributed by atoms with Crippen LogP contribution in [0, 0.1) is 23.2 Å². The van der Waals surface area contributed by atoms with Gasteiger partial charge in [0.05, 0.1) is 11.8 Å². The summed E-state index contributed by atoms with van der Waals surface area (Å²) in [6.07, 6.45) is -2.49. The number of esters is 2. The molecule has 0 bridgehead atoms. The lowest BCUT2D eigenvalue weighted by Gasteiger charge is -2.29. The largest absolute Gasteiger partial charge is 0.461 e. The average Bonchev–Trinajstić information content (AvgIpc) is 2.74. The predicted octanol–water partition coefficient (Wildman–Crippen LogP) is 2.70. The lowest BCUT2D eigenvalue weighted by Crippen LogP contribution is -2.36. The highest BCUT2D eigenvalue weighted by atomic mass is 31.2. The minimum Gasteiger partial charge on any atom is -0.461 e. The molecular weight excluding hydrogens is 560 g/mol. The average molecular weight is 606 g/mol. The second kappa shape index (κ2) is 15.5. The molecule has 0 aromatic rings. The second-order valence-corrected chi connectivity index (χ2v) is 15.4. The van der Waals surface area contributed by atoms with Gasteiger partial charge in [0.2, 0.25) is 0 Å². The lowest BCUT2D eigenvalue weighted by molar-refractivity contribution is -0.166. The summed E-state index contributed by atoms with van der Waals surface area (Å²) in [5.41, 5.74) is -0.121. The van der Waals surface area contributed by atoms with Crippen LogP contribution in [-0.4, -0.2) is 73.7 Å². The third-order valence-corrected chi connectivity index (χ3v) is 9.41. The Bertz CT molecular complexity index is 884. The fourth-order valence-corrected chi connectivity index (χ4v) is 5.97. The van der Waals surface area contributed by atoms with Crippen molar-refractivity contribution in [1.29, 1.82) is 0 Å². The molecule has 0 aromatic carbocycles. The molecule has 16 heteroatoms. The molecule has 0 radical (unpaired) electrons. The molecular formula is C23H45NO13P2. The van der Waals surface area contributed by atoms with Crippen LogP contribution in [0.3, 0.4) is 0 Å². The van der Waals surface area contributed by atoms with Crippen molar-refractivity contribution in [3.05, 3.63) is 0 Å². The van der Waals surface area contributed by atoms with Crippen molar-refractivity contribution in [3.63, 3.8) is 0 Å². The van der Waals surface area contributed by atoms with Gasteiger partial charge in [0.1, 0.15) is 13.2 Å². The molecule has 0 spiro atoms. The standard InChI is InChI=1S/C23H45NO13P2/c1-15(2)11-16(3)20(26)37-18(13-35-19(25)17(4)12-22(5,6)7)14-36-21(27)24-10-8-9-23(28,38(29,30)31)39(32,33)34/h15-18,28H,8-14H2,1-7H3,(H,24,27)(H2,29,30,31)(H2,32,33,34). The van der Waals surface area contributed by atoms with Crippen LogP contribution in [-0.2, 0) is 32.9 Å². The number of alkyl carbamates (subject to hydrolysis) is 1. The van der Waals surface area contributed by atoms with Crippen LogP contribution in [0.4, 0.5) is 4.79 Å². The highest BCUT2D eigenvalue weighted by molar-refractivity contribution is 7.72. The third kappa shape index (κ3) is 14.1. The summed E-state index contributed by atoms with van der Waals surface area (Å²) in [6.45, 7) is 12.0. The zero-order valence-electron chi connectivity index (χ0n) is 23.7. The monoisotopic (exact) mass is 605 g/mol. The molecule has 0 heterocycles. The zero-order valence-corrected chi connectivity index (χ0v) is 25.4. The quantitative estimate of drug-likeness (QED) is 0.0645. The molecule has 3 atom stereocenters. The Morgan fingerprint density at radius 1 is 0.846 bits per heavy atom.